The van der Waals surface area contributed by atoms with Crippen LogP contribution in [0.5, 0.6) is 0 Å². The molecule has 1 atom stereocenters. The maximum atomic E-state index is 11.9. The van der Waals surface area contributed by atoms with Gasteiger partial charge in [0.15, 0.2) is 0 Å². The van der Waals surface area contributed by atoms with E-state index in [2.05, 4.69) is 10.2 Å². The van der Waals surface area contributed by atoms with Crippen LogP contribution in [-0.4, -0.2) is 66.7 Å². The summed E-state index contributed by atoms with van der Waals surface area (Å²) in [6.45, 7) is 5.95. The highest BCUT2D eigenvalue weighted by Crippen LogP contribution is 2.07. The lowest BCUT2D eigenvalue weighted by atomic mass is 10.0. The Labute approximate surface area is 121 Å². The van der Waals surface area contributed by atoms with Gasteiger partial charge in [0, 0.05) is 26.7 Å². The summed E-state index contributed by atoms with van der Waals surface area (Å²) in [4.78, 5) is 26.9. The van der Waals surface area contributed by atoms with Gasteiger partial charge in [0.1, 0.15) is 0 Å². The van der Waals surface area contributed by atoms with Gasteiger partial charge in [-0.15, -0.1) is 0 Å². The van der Waals surface area contributed by atoms with E-state index in [1.165, 1.54) is 12.8 Å². The normalized spacial score (nSPS) is 16.9. The number of carbonyl (C=O) groups excluding carboxylic acids is 1. The molecule has 0 aliphatic carbocycles. The molecule has 0 saturated carbocycles. The lowest BCUT2D eigenvalue weighted by molar-refractivity contribution is -0.141. The SMILES string of the molecule is CCCC(CNC(=O)N(C)CCN1CCCC1)C(=O)O. The number of aliphatic carboxylic acids is 1. The van der Waals surface area contributed by atoms with Crippen molar-refractivity contribution in [2.75, 3.05) is 39.8 Å². The van der Waals surface area contributed by atoms with Gasteiger partial charge in [-0.3, -0.25) is 4.79 Å². The smallest absolute Gasteiger partial charge is 0.317 e. The summed E-state index contributed by atoms with van der Waals surface area (Å²) in [6.07, 6.45) is 3.88. The van der Waals surface area contributed by atoms with Gasteiger partial charge < -0.3 is 20.2 Å². The third-order valence-corrected chi connectivity index (χ3v) is 3.78. The maximum Gasteiger partial charge on any atom is 0.317 e. The highest BCUT2D eigenvalue weighted by molar-refractivity contribution is 5.75. The third kappa shape index (κ3) is 5.77. The molecule has 0 bridgehead atoms. The molecule has 1 fully saturated rings. The first-order valence-electron chi connectivity index (χ1n) is 7.48. The predicted molar refractivity (Wildman–Crippen MR) is 77.7 cm³/mol. The molecule has 1 rings (SSSR count). The van der Waals surface area contributed by atoms with E-state index in [0.29, 0.717) is 13.0 Å². The van der Waals surface area contributed by atoms with Crippen LogP contribution in [0.3, 0.4) is 0 Å². The van der Waals surface area contributed by atoms with Crippen molar-refractivity contribution in [3.05, 3.63) is 0 Å². The van der Waals surface area contributed by atoms with Crippen LogP contribution in [0.4, 0.5) is 4.79 Å². The van der Waals surface area contributed by atoms with Crippen molar-refractivity contribution in [2.45, 2.75) is 32.6 Å². The average Bonchev–Trinajstić information content (AvgIpc) is 2.93. The fraction of sp³-hybridized carbons (Fsp3) is 0.857. The molecule has 20 heavy (non-hydrogen) atoms. The van der Waals surface area contributed by atoms with Gasteiger partial charge >= 0.3 is 12.0 Å². The molecule has 1 aliphatic heterocycles. The molecule has 116 valence electrons. The number of hydrogen-bond acceptors (Lipinski definition) is 3. The molecule has 0 aromatic carbocycles. The maximum absolute atomic E-state index is 11.9. The first kappa shape index (κ1) is 16.8. The van der Waals surface area contributed by atoms with Gasteiger partial charge in [-0.05, 0) is 32.4 Å². The number of carboxylic acids is 1. The summed E-state index contributed by atoms with van der Waals surface area (Å²) in [6, 6.07) is -0.188. The van der Waals surface area contributed by atoms with Gasteiger partial charge in [-0.2, -0.15) is 0 Å². The van der Waals surface area contributed by atoms with Crippen LogP contribution in [0, 0.1) is 5.92 Å². The van der Waals surface area contributed by atoms with Crippen LogP contribution in [-0.2, 0) is 4.79 Å². The fourth-order valence-corrected chi connectivity index (χ4v) is 2.41. The van der Waals surface area contributed by atoms with Crippen molar-refractivity contribution in [1.82, 2.24) is 15.1 Å². The molecule has 1 unspecified atom stereocenters. The second-order valence-electron chi connectivity index (χ2n) is 5.48. The van der Waals surface area contributed by atoms with Crippen LogP contribution in [0.2, 0.25) is 0 Å². The summed E-state index contributed by atoms with van der Waals surface area (Å²) >= 11 is 0. The second kappa shape index (κ2) is 8.79. The molecule has 1 heterocycles. The summed E-state index contributed by atoms with van der Waals surface area (Å²) in [5.41, 5.74) is 0. The number of amides is 2. The number of nitrogens with one attached hydrogen (secondary N) is 1. The minimum atomic E-state index is -0.841. The van der Waals surface area contributed by atoms with E-state index in [0.717, 1.165) is 26.1 Å². The zero-order valence-corrected chi connectivity index (χ0v) is 12.6. The minimum Gasteiger partial charge on any atom is -0.481 e. The summed E-state index contributed by atoms with van der Waals surface area (Å²) < 4.78 is 0. The zero-order chi connectivity index (χ0) is 15.0. The second-order valence-corrected chi connectivity index (χ2v) is 5.48. The Bertz CT molecular complexity index is 317. The molecule has 6 heteroatoms. The number of urea groups is 1. The fourth-order valence-electron chi connectivity index (χ4n) is 2.41. The largest absolute Gasteiger partial charge is 0.481 e. The van der Waals surface area contributed by atoms with Crippen molar-refractivity contribution in [3.63, 3.8) is 0 Å². The number of likely N-dealkylation sites (tertiary alicyclic amines) is 1. The molecule has 1 aliphatic rings. The Kier molecular flexibility index (Phi) is 7.36. The Morgan fingerprint density at radius 2 is 2.00 bits per heavy atom. The topological polar surface area (TPSA) is 72.9 Å². The molecule has 0 spiro atoms. The molecule has 2 amide bonds. The van der Waals surface area contributed by atoms with Gasteiger partial charge in [-0.25, -0.2) is 4.79 Å². The van der Waals surface area contributed by atoms with Crippen molar-refractivity contribution in [2.24, 2.45) is 5.92 Å². The molecule has 6 nitrogen and oxygen atoms in total. The highest BCUT2D eigenvalue weighted by Gasteiger charge is 2.19. The first-order valence-corrected chi connectivity index (χ1v) is 7.48. The third-order valence-electron chi connectivity index (χ3n) is 3.78. The average molecular weight is 285 g/mol. The molecule has 2 N–H and O–H groups in total. The summed E-state index contributed by atoms with van der Waals surface area (Å²) in [7, 11) is 1.75. The first-order chi connectivity index (χ1) is 9.54. The van der Waals surface area contributed by atoms with Crippen LogP contribution in [0.25, 0.3) is 0 Å². The van der Waals surface area contributed by atoms with E-state index in [1.807, 2.05) is 6.92 Å². The van der Waals surface area contributed by atoms with Crippen LogP contribution in [0.1, 0.15) is 32.6 Å². The molecule has 0 aromatic heterocycles. The predicted octanol–water partition coefficient (Wildman–Crippen LogP) is 1.22. The van der Waals surface area contributed by atoms with Crippen LogP contribution < -0.4 is 5.32 Å². The summed E-state index contributed by atoms with van der Waals surface area (Å²) in [5.74, 6) is -1.33. The number of rotatable bonds is 8. The molecule has 0 aromatic rings. The number of likely N-dealkylation sites (N-methyl/N-ethyl adjacent to an activating group) is 1. The lowest BCUT2D eigenvalue weighted by Crippen LogP contribution is -2.43. The number of nitrogens with zero attached hydrogens (tertiary/aromatic N) is 2. The zero-order valence-electron chi connectivity index (χ0n) is 12.6. The van der Waals surface area contributed by atoms with E-state index in [9.17, 15) is 9.59 Å². The number of hydrogen-bond donors (Lipinski definition) is 2. The minimum absolute atomic E-state index is 0.188. The van der Waals surface area contributed by atoms with E-state index in [-0.39, 0.29) is 12.6 Å². The molecular formula is C14H27N3O3. The van der Waals surface area contributed by atoms with E-state index in [1.54, 1.807) is 11.9 Å². The molecule has 0 radical (unpaired) electrons. The lowest BCUT2D eigenvalue weighted by Gasteiger charge is -2.22. The van der Waals surface area contributed by atoms with E-state index in [4.69, 9.17) is 5.11 Å². The standard InChI is InChI=1S/C14H27N3O3/c1-3-6-12(13(18)19)11-15-14(20)16(2)9-10-17-7-4-5-8-17/h12H,3-11H2,1-2H3,(H,15,20)(H,18,19). The van der Waals surface area contributed by atoms with Gasteiger partial charge in [-0.1, -0.05) is 13.3 Å². The Hall–Kier alpha value is -1.30. The van der Waals surface area contributed by atoms with E-state index >= 15 is 0 Å². The highest BCUT2D eigenvalue weighted by atomic mass is 16.4. The van der Waals surface area contributed by atoms with Gasteiger partial charge in [0.2, 0.25) is 0 Å². The molecular weight excluding hydrogens is 258 g/mol. The number of carboxylic acid groups (broad SMARTS) is 1. The Balaban J connectivity index is 2.24. The monoisotopic (exact) mass is 285 g/mol. The summed E-state index contributed by atoms with van der Waals surface area (Å²) in [5, 5.41) is 11.7. The van der Waals surface area contributed by atoms with E-state index < -0.39 is 11.9 Å². The van der Waals surface area contributed by atoms with Gasteiger partial charge in [0.05, 0.1) is 5.92 Å². The van der Waals surface area contributed by atoms with Crippen molar-refractivity contribution < 1.29 is 14.7 Å². The quantitative estimate of drug-likeness (QED) is 0.703. The molecule has 1 saturated heterocycles. The Morgan fingerprint density at radius 3 is 2.55 bits per heavy atom. The Morgan fingerprint density at radius 1 is 1.35 bits per heavy atom. The van der Waals surface area contributed by atoms with Crippen molar-refractivity contribution in [1.29, 1.82) is 0 Å². The van der Waals surface area contributed by atoms with Gasteiger partial charge in [0.25, 0.3) is 0 Å². The van der Waals surface area contributed by atoms with Crippen molar-refractivity contribution >= 4 is 12.0 Å². The van der Waals surface area contributed by atoms with Crippen LogP contribution in [0.15, 0.2) is 0 Å². The van der Waals surface area contributed by atoms with Crippen molar-refractivity contribution in [3.8, 4) is 0 Å². The van der Waals surface area contributed by atoms with Crippen LogP contribution >= 0.6 is 0 Å². The number of carbonyl (C=O) groups is 2.